The van der Waals surface area contributed by atoms with Crippen LogP contribution in [0.25, 0.3) is 0 Å². The molecular weight excluding hydrogens is 214 g/mol. The monoisotopic (exact) mass is 239 g/mol. The first kappa shape index (κ1) is 14.2. The molecule has 98 valence electrons. The van der Waals surface area contributed by atoms with E-state index in [1.165, 1.54) is 0 Å². The Morgan fingerprint density at radius 2 is 1.76 bits per heavy atom. The molecule has 1 heterocycles. The van der Waals surface area contributed by atoms with Gasteiger partial charge in [-0.25, -0.2) is 4.79 Å². The normalized spacial score (nSPS) is 23.1. The minimum Gasteiger partial charge on any atom is -0.459 e. The van der Waals surface area contributed by atoms with E-state index in [2.05, 4.69) is 39.6 Å². The van der Waals surface area contributed by atoms with E-state index < -0.39 is 0 Å². The molecule has 0 spiro atoms. The molecule has 0 aromatic rings. The zero-order chi connectivity index (χ0) is 13.3. The maximum atomic E-state index is 11.7. The Morgan fingerprint density at radius 3 is 2.18 bits per heavy atom. The van der Waals surface area contributed by atoms with Gasteiger partial charge in [-0.1, -0.05) is 13.5 Å². The van der Waals surface area contributed by atoms with E-state index in [1.807, 2.05) is 6.92 Å². The molecule has 1 saturated heterocycles. The first-order valence-corrected chi connectivity index (χ1v) is 6.33. The van der Waals surface area contributed by atoms with Crippen LogP contribution in [0, 0.1) is 0 Å². The number of ether oxygens (including phenoxy) is 1. The van der Waals surface area contributed by atoms with Crippen LogP contribution in [-0.4, -0.2) is 23.2 Å². The van der Waals surface area contributed by atoms with E-state index in [-0.39, 0.29) is 23.2 Å². The molecule has 0 bridgehead atoms. The number of carbonyl (C=O) groups excluding carboxylic acids is 1. The number of hydrogen-bond donors (Lipinski definition) is 1. The third kappa shape index (κ3) is 4.15. The SMILES string of the molecule is C=C(CC)C(=O)OC1CC(C)(C)NC(C)(C)C1. The third-order valence-electron chi connectivity index (χ3n) is 3.14. The molecule has 0 aromatic carbocycles. The Balaban J connectivity index is 2.66. The topological polar surface area (TPSA) is 38.3 Å². The molecule has 0 atom stereocenters. The lowest BCUT2D eigenvalue weighted by molar-refractivity contribution is -0.148. The molecule has 1 N–H and O–H groups in total. The zero-order valence-electron chi connectivity index (χ0n) is 11.7. The van der Waals surface area contributed by atoms with E-state index in [9.17, 15) is 4.79 Å². The Hall–Kier alpha value is -0.830. The first-order chi connectivity index (χ1) is 7.65. The highest BCUT2D eigenvalue weighted by molar-refractivity contribution is 5.87. The van der Waals surface area contributed by atoms with Crippen molar-refractivity contribution in [3.63, 3.8) is 0 Å². The Morgan fingerprint density at radius 1 is 1.29 bits per heavy atom. The lowest BCUT2D eigenvalue weighted by Crippen LogP contribution is -2.59. The lowest BCUT2D eigenvalue weighted by atomic mass is 9.81. The van der Waals surface area contributed by atoms with Crippen LogP contribution in [0.15, 0.2) is 12.2 Å². The van der Waals surface area contributed by atoms with E-state index in [0.717, 1.165) is 12.8 Å². The second-order valence-corrected chi connectivity index (χ2v) is 6.29. The summed E-state index contributed by atoms with van der Waals surface area (Å²) in [6.07, 6.45) is 2.33. The van der Waals surface area contributed by atoms with Crippen LogP contribution >= 0.6 is 0 Å². The Labute approximate surface area is 105 Å². The maximum absolute atomic E-state index is 11.7. The summed E-state index contributed by atoms with van der Waals surface area (Å²) in [7, 11) is 0. The molecule has 0 aliphatic carbocycles. The van der Waals surface area contributed by atoms with E-state index in [4.69, 9.17) is 4.74 Å². The van der Waals surface area contributed by atoms with Crippen LogP contribution < -0.4 is 5.32 Å². The predicted molar refractivity (Wildman–Crippen MR) is 69.8 cm³/mol. The summed E-state index contributed by atoms with van der Waals surface area (Å²) in [5, 5.41) is 3.56. The average molecular weight is 239 g/mol. The van der Waals surface area contributed by atoms with E-state index in [0.29, 0.717) is 12.0 Å². The standard InChI is InChI=1S/C14H25NO2/c1-7-10(2)12(16)17-11-8-13(3,4)15-14(5,6)9-11/h11,15H,2,7-9H2,1,3-6H3. The first-order valence-electron chi connectivity index (χ1n) is 6.33. The highest BCUT2D eigenvalue weighted by atomic mass is 16.5. The molecule has 0 radical (unpaired) electrons. The van der Waals surface area contributed by atoms with Gasteiger partial charge in [-0.05, 0) is 34.1 Å². The van der Waals surface area contributed by atoms with Gasteiger partial charge in [0, 0.05) is 29.5 Å². The van der Waals surface area contributed by atoms with Gasteiger partial charge in [0.25, 0.3) is 0 Å². The van der Waals surface area contributed by atoms with Crippen LogP contribution in [-0.2, 0) is 9.53 Å². The molecule has 1 rings (SSSR count). The quantitative estimate of drug-likeness (QED) is 0.608. The van der Waals surface area contributed by atoms with Crippen molar-refractivity contribution in [2.45, 2.75) is 71.1 Å². The van der Waals surface area contributed by atoms with Gasteiger partial charge in [0.2, 0.25) is 0 Å². The minimum absolute atomic E-state index is 0.000243. The predicted octanol–water partition coefficient (Wildman–Crippen LogP) is 2.81. The lowest BCUT2D eigenvalue weighted by Gasteiger charge is -2.45. The summed E-state index contributed by atoms with van der Waals surface area (Å²) < 4.78 is 5.54. The summed E-state index contributed by atoms with van der Waals surface area (Å²) in [6, 6.07) is 0. The van der Waals surface area contributed by atoms with Crippen LogP contribution in [0.4, 0.5) is 0 Å². The van der Waals surface area contributed by atoms with Crippen molar-refractivity contribution in [1.82, 2.24) is 5.32 Å². The van der Waals surface area contributed by atoms with Crippen LogP contribution in [0.5, 0.6) is 0 Å². The van der Waals surface area contributed by atoms with E-state index in [1.54, 1.807) is 0 Å². The van der Waals surface area contributed by atoms with Gasteiger partial charge in [-0.3, -0.25) is 0 Å². The molecule has 1 aliphatic rings. The average Bonchev–Trinajstić information content (AvgIpc) is 2.11. The molecule has 3 heteroatoms. The summed E-state index contributed by atoms with van der Waals surface area (Å²) in [6.45, 7) is 14.2. The number of piperidine rings is 1. The molecular formula is C14H25NO2. The van der Waals surface area contributed by atoms with Crippen molar-refractivity contribution in [2.24, 2.45) is 0 Å². The molecule has 17 heavy (non-hydrogen) atoms. The molecule has 0 saturated carbocycles. The molecule has 3 nitrogen and oxygen atoms in total. The van der Waals surface area contributed by atoms with Crippen molar-refractivity contribution >= 4 is 5.97 Å². The van der Waals surface area contributed by atoms with Crippen LogP contribution in [0.1, 0.15) is 53.9 Å². The van der Waals surface area contributed by atoms with Gasteiger partial charge < -0.3 is 10.1 Å². The van der Waals surface area contributed by atoms with Gasteiger partial charge in [0.15, 0.2) is 0 Å². The minimum atomic E-state index is -0.244. The molecule has 0 aromatic heterocycles. The highest BCUT2D eigenvalue weighted by Crippen LogP contribution is 2.30. The van der Waals surface area contributed by atoms with Gasteiger partial charge in [-0.15, -0.1) is 0 Å². The number of esters is 1. The number of rotatable bonds is 3. The van der Waals surface area contributed by atoms with Gasteiger partial charge in [-0.2, -0.15) is 0 Å². The summed E-state index contributed by atoms with van der Waals surface area (Å²) in [4.78, 5) is 11.7. The molecule has 0 amide bonds. The smallest absolute Gasteiger partial charge is 0.333 e. The summed E-state index contributed by atoms with van der Waals surface area (Å²) in [5.41, 5.74) is 0.555. The molecule has 0 unspecified atom stereocenters. The van der Waals surface area contributed by atoms with Crippen molar-refractivity contribution in [3.05, 3.63) is 12.2 Å². The number of carbonyl (C=O) groups is 1. The fourth-order valence-electron chi connectivity index (χ4n) is 2.69. The highest BCUT2D eigenvalue weighted by Gasteiger charge is 2.39. The van der Waals surface area contributed by atoms with Crippen LogP contribution in [0.2, 0.25) is 0 Å². The van der Waals surface area contributed by atoms with Crippen molar-refractivity contribution in [3.8, 4) is 0 Å². The van der Waals surface area contributed by atoms with Crippen molar-refractivity contribution < 1.29 is 9.53 Å². The summed E-state index contributed by atoms with van der Waals surface area (Å²) in [5.74, 6) is -0.244. The van der Waals surface area contributed by atoms with Crippen LogP contribution in [0.3, 0.4) is 0 Å². The van der Waals surface area contributed by atoms with E-state index >= 15 is 0 Å². The molecule has 1 aliphatic heterocycles. The number of hydrogen-bond acceptors (Lipinski definition) is 3. The maximum Gasteiger partial charge on any atom is 0.333 e. The van der Waals surface area contributed by atoms with Gasteiger partial charge >= 0.3 is 5.97 Å². The third-order valence-corrected chi connectivity index (χ3v) is 3.14. The Bertz CT molecular complexity index is 302. The summed E-state index contributed by atoms with van der Waals surface area (Å²) >= 11 is 0. The van der Waals surface area contributed by atoms with Gasteiger partial charge in [0.1, 0.15) is 6.10 Å². The second kappa shape index (κ2) is 4.81. The fourth-order valence-corrected chi connectivity index (χ4v) is 2.69. The zero-order valence-corrected chi connectivity index (χ0v) is 11.7. The Kier molecular flexibility index (Phi) is 4.03. The van der Waals surface area contributed by atoms with Gasteiger partial charge in [0.05, 0.1) is 0 Å². The fraction of sp³-hybridized carbons (Fsp3) is 0.786. The van der Waals surface area contributed by atoms with Crippen molar-refractivity contribution in [2.75, 3.05) is 0 Å². The largest absolute Gasteiger partial charge is 0.459 e. The number of nitrogens with one attached hydrogen (secondary N) is 1. The second-order valence-electron chi connectivity index (χ2n) is 6.29. The molecule has 1 fully saturated rings. The van der Waals surface area contributed by atoms with Crippen molar-refractivity contribution in [1.29, 1.82) is 0 Å².